The second kappa shape index (κ2) is 10.4. The summed E-state index contributed by atoms with van der Waals surface area (Å²) in [7, 11) is 5.26. The summed E-state index contributed by atoms with van der Waals surface area (Å²) in [6.07, 6.45) is 3.55. The molecule has 37 heavy (non-hydrogen) atoms. The average Bonchev–Trinajstić information content (AvgIpc) is 2.92. The van der Waals surface area contributed by atoms with E-state index >= 15 is 0 Å². The fourth-order valence-electron chi connectivity index (χ4n) is 4.66. The number of fused-ring (bicyclic) bond motifs is 1. The minimum atomic E-state index is -0.257. The molecule has 9 heteroatoms. The van der Waals surface area contributed by atoms with E-state index in [-0.39, 0.29) is 23.3 Å². The number of aromatic nitrogens is 3. The number of aryl methyl sites for hydroxylation is 1. The maximum atomic E-state index is 12.9. The van der Waals surface area contributed by atoms with Gasteiger partial charge in [-0.15, -0.1) is 0 Å². The third kappa shape index (κ3) is 5.03. The van der Waals surface area contributed by atoms with E-state index in [1.165, 1.54) is 11.7 Å². The van der Waals surface area contributed by atoms with Gasteiger partial charge in [-0.25, -0.2) is 9.97 Å². The number of benzene rings is 2. The Hall–Kier alpha value is -4.24. The average molecular weight is 499 g/mol. The van der Waals surface area contributed by atoms with E-state index in [0.717, 1.165) is 37.2 Å². The minimum absolute atomic E-state index is 0.0661. The van der Waals surface area contributed by atoms with Crippen LogP contribution in [-0.4, -0.2) is 58.6 Å². The van der Waals surface area contributed by atoms with Crippen molar-refractivity contribution in [3.05, 3.63) is 76.7 Å². The number of amides is 1. The lowest BCUT2D eigenvalue weighted by molar-refractivity contribution is 0.0917. The molecule has 1 aliphatic heterocycles. The summed E-state index contributed by atoms with van der Waals surface area (Å²) in [6, 6.07) is 17.0. The van der Waals surface area contributed by atoms with E-state index in [0.29, 0.717) is 28.1 Å². The Morgan fingerprint density at radius 2 is 1.73 bits per heavy atom. The quantitative estimate of drug-likeness (QED) is 0.419. The third-order valence-electron chi connectivity index (χ3n) is 6.82. The first-order chi connectivity index (χ1) is 17.9. The van der Waals surface area contributed by atoms with E-state index < -0.39 is 0 Å². The highest BCUT2D eigenvalue weighted by molar-refractivity contribution is 5.96. The highest BCUT2D eigenvalue weighted by atomic mass is 16.5. The van der Waals surface area contributed by atoms with E-state index in [2.05, 4.69) is 27.6 Å². The zero-order chi connectivity index (χ0) is 25.9. The first-order valence-electron chi connectivity index (χ1n) is 12.3. The van der Waals surface area contributed by atoms with Crippen LogP contribution in [0.25, 0.3) is 22.2 Å². The smallest absolute Gasteiger partial charge is 0.293 e. The van der Waals surface area contributed by atoms with Crippen molar-refractivity contribution in [1.29, 1.82) is 0 Å². The molecule has 2 aromatic carbocycles. The van der Waals surface area contributed by atoms with Crippen molar-refractivity contribution in [1.82, 2.24) is 24.8 Å². The molecule has 9 nitrogen and oxygen atoms in total. The summed E-state index contributed by atoms with van der Waals surface area (Å²) in [5, 5.41) is 6.35. The second-order valence-corrected chi connectivity index (χ2v) is 9.32. The van der Waals surface area contributed by atoms with E-state index in [1.807, 2.05) is 42.5 Å². The SMILES string of the molecule is COc1c(-c2ccccc2)c2nc(Nc3ccc(C(=O)NC4CCN(C)CC4)cc3)ncc2n(C)c1=O. The van der Waals surface area contributed by atoms with Gasteiger partial charge in [-0.3, -0.25) is 9.59 Å². The van der Waals surface area contributed by atoms with Crippen LogP contribution in [0.1, 0.15) is 23.2 Å². The van der Waals surface area contributed by atoms with Gasteiger partial charge < -0.3 is 24.8 Å². The Bertz CT molecular complexity index is 1480. The molecule has 1 aliphatic rings. The van der Waals surface area contributed by atoms with Crippen LogP contribution in [0.4, 0.5) is 11.6 Å². The topological polar surface area (TPSA) is 101 Å². The van der Waals surface area contributed by atoms with Crippen molar-refractivity contribution in [3.8, 4) is 16.9 Å². The van der Waals surface area contributed by atoms with Crippen molar-refractivity contribution in [2.45, 2.75) is 18.9 Å². The van der Waals surface area contributed by atoms with Crippen LogP contribution in [0, 0.1) is 0 Å². The lowest BCUT2D eigenvalue weighted by atomic mass is 10.0. The van der Waals surface area contributed by atoms with E-state index in [1.54, 1.807) is 25.4 Å². The molecule has 0 saturated carbocycles. The lowest BCUT2D eigenvalue weighted by Gasteiger charge is -2.29. The summed E-state index contributed by atoms with van der Waals surface area (Å²) in [4.78, 5) is 37.1. The number of hydrogen-bond donors (Lipinski definition) is 2. The molecule has 3 heterocycles. The van der Waals surface area contributed by atoms with Gasteiger partial charge in [0.1, 0.15) is 5.52 Å². The minimum Gasteiger partial charge on any atom is -0.491 e. The fraction of sp³-hybridized carbons (Fsp3) is 0.286. The molecule has 0 bridgehead atoms. The van der Waals surface area contributed by atoms with Crippen LogP contribution in [-0.2, 0) is 7.05 Å². The second-order valence-electron chi connectivity index (χ2n) is 9.32. The summed E-state index contributed by atoms with van der Waals surface area (Å²) in [6.45, 7) is 1.98. The standard InChI is InChI=1S/C28H30N6O3/c1-33-15-13-21(14-16-33)30-26(35)19-9-11-20(12-10-19)31-28-29-17-22-24(32-28)23(18-7-5-4-6-8-18)25(37-3)27(36)34(22)2/h4-12,17,21H,13-16H2,1-3H3,(H,30,35)(H,29,31,32). The van der Waals surface area contributed by atoms with Crippen LogP contribution in [0.15, 0.2) is 65.6 Å². The molecule has 1 fully saturated rings. The number of nitrogens with one attached hydrogen (secondary N) is 2. The van der Waals surface area contributed by atoms with Crippen LogP contribution in [0.5, 0.6) is 5.75 Å². The molecule has 1 amide bonds. The van der Waals surface area contributed by atoms with Gasteiger partial charge in [0.25, 0.3) is 11.5 Å². The molecule has 0 atom stereocenters. The zero-order valence-corrected chi connectivity index (χ0v) is 21.2. The Morgan fingerprint density at radius 3 is 2.41 bits per heavy atom. The van der Waals surface area contributed by atoms with Crippen molar-refractivity contribution in [3.63, 3.8) is 0 Å². The number of pyridine rings is 1. The number of nitrogens with zero attached hydrogens (tertiary/aromatic N) is 4. The number of likely N-dealkylation sites (tertiary alicyclic amines) is 1. The maximum absolute atomic E-state index is 12.9. The van der Waals surface area contributed by atoms with E-state index in [9.17, 15) is 9.59 Å². The molecule has 0 radical (unpaired) electrons. The molecular formula is C28H30N6O3. The van der Waals surface area contributed by atoms with Gasteiger partial charge >= 0.3 is 0 Å². The molecule has 0 unspecified atom stereocenters. The summed E-state index contributed by atoms with van der Waals surface area (Å²) >= 11 is 0. The highest BCUT2D eigenvalue weighted by Gasteiger charge is 2.21. The molecule has 1 saturated heterocycles. The predicted molar refractivity (Wildman–Crippen MR) is 144 cm³/mol. The normalized spacial score (nSPS) is 14.5. The molecule has 4 aromatic rings. The summed E-state index contributed by atoms with van der Waals surface area (Å²) in [5.74, 6) is 0.531. The molecule has 2 aromatic heterocycles. The van der Waals surface area contributed by atoms with Crippen LogP contribution in [0.2, 0.25) is 0 Å². The molecule has 2 N–H and O–H groups in total. The first kappa shape index (κ1) is 24.5. The molecular weight excluding hydrogens is 468 g/mol. The van der Waals surface area contributed by atoms with Crippen molar-refractivity contribution in [2.24, 2.45) is 7.05 Å². The van der Waals surface area contributed by atoms with Gasteiger partial charge in [-0.05, 0) is 62.8 Å². The van der Waals surface area contributed by atoms with Crippen molar-refractivity contribution < 1.29 is 9.53 Å². The van der Waals surface area contributed by atoms with Gasteiger partial charge in [0.05, 0.1) is 24.4 Å². The van der Waals surface area contributed by atoms with Gasteiger partial charge in [0.2, 0.25) is 5.95 Å². The van der Waals surface area contributed by atoms with Crippen LogP contribution < -0.4 is 20.9 Å². The fourth-order valence-corrected chi connectivity index (χ4v) is 4.66. The molecule has 0 spiro atoms. The van der Waals surface area contributed by atoms with Gasteiger partial charge in [0, 0.05) is 24.3 Å². The molecule has 5 rings (SSSR count). The Morgan fingerprint density at radius 1 is 1.03 bits per heavy atom. The number of carbonyl (C=O) groups is 1. The van der Waals surface area contributed by atoms with Crippen molar-refractivity contribution >= 4 is 28.6 Å². The summed E-state index contributed by atoms with van der Waals surface area (Å²) < 4.78 is 7.01. The maximum Gasteiger partial charge on any atom is 0.293 e. The number of ether oxygens (including phenoxy) is 1. The molecule has 190 valence electrons. The number of anilines is 2. The van der Waals surface area contributed by atoms with Gasteiger partial charge in [-0.1, -0.05) is 30.3 Å². The number of rotatable bonds is 6. The Balaban J connectivity index is 1.41. The zero-order valence-electron chi connectivity index (χ0n) is 21.2. The number of methoxy groups -OCH3 is 1. The predicted octanol–water partition coefficient (Wildman–Crippen LogP) is 3.57. The monoisotopic (exact) mass is 498 g/mol. The Labute approximate surface area is 215 Å². The molecule has 0 aliphatic carbocycles. The first-order valence-corrected chi connectivity index (χ1v) is 12.3. The number of hydrogen-bond acceptors (Lipinski definition) is 7. The third-order valence-corrected chi connectivity index (χ3v) is 6.82. The largest absolute Gasteiger partial charge is 0.491 e. The van der Waals surface area contributed by atoms with E-state index in [4.69, 9.17) is 9.72 Å². The lowest BCUT2D eigenvalue weighted by Crippen LogP contribution is -2.43. The van der Waals surface area contributed by atoms with Crippen LogP contribution in [0.3, 0.4) is 0 Å². The van der Waals surface area contributed by atoms with Crippen LogP contribution >= 0.6 is 0 Å². The number of carbonyl (C=O) groups excluding carboxylic acids is 1. The van der Waals surface area contributed by atoms with Crippen molar-refractivity contribution in [2.75, 3.05) is 32.6 Å². The summed E-state index contributed by atoms with van der Waals surface area (Å²) in [5.41, 5.74) is 3.72. The van der Waals surface area contributed by atoms with Gasteiger partial charge in [-0.2, -0.15) is 0 Å². The van der Waals surface area contributed by atoms with Gasteiger partial charge in [0.15, 0.2) is 5.75 Å². The Kier molecular flexibility index (Phi) is 6.87. The highest BCUT2D eigenvalue weighted by Crippen LogP contribution is 2.33. The number of piperidine rings is 1.